The largest absolute Gasteiger partial charge is 0.376 e. The highest BCUT2D eigenvalue weighted by Gasteiger charge is 2.16. The zero-order chi connectivity index (χ0) is 14.9. The molecule has 1 unspecified atom stereocenters. The van der Waals surface area contributed by atoms with Gasteiger partial charge in [0.15, 0.2) is 11.6 Å². The van der Waals surface area contributed by atoms with E-state index in [0.29, 0.717) is 0 Å². The lowest BCUT2D eigenvalue weighted by atomic mass is 10.1. The molecule has 2 aromatic rings. The summed E-state index contributed by atoms with van der Waals surface area (Å²) in [6, 6.07) is 5.08. The van der Waals surface area contributed by atoms with Crippen LogP contribution in [0, 0.1) is 30.2 Å². The molecule has 1 atom stereocenters. The number of benzene rings is 2. The molecular formula is C15H13F4N. The first-order chi connectivity index (χ1) is 9.40. The average molecular weight is 283 g/mol. The summed E-state index contributed by atoms with van der Waals surface area (Å²) < 4.78 is 53.9. The lowest BCUT2D eigenvalue weighted by Gasteiger charge is -2.17. The maximum Gasteiger partial charge on any atom is 0.164 e. The fraction of sp³-hybridized carbons (Fsp3) is 0.200. The Labute approximate surface area is 114 Å². The summed E-state index contributed by atoms with van der Waals surface area (Å²) in [7, 11) is 0. The Kier molecular flexibility index (Phi) is 3.97. The molecule has 2 aromatic carbocycles. The molecule has 0 aliphatic carbocycles. The van der Waals surface area contributed by atoms with Gasteiger partial charge < -0.3 is 5.32 Å². The third-order valence-electron chi connectivity index (χ3n) is 3.07. The number of halogens is 4. The van der Waals surface area contributed by atoms with Gasteiger partial charge in [0.25, 0.3) is 0 Å². The zero-order valence-electron chi connectivity index (χ0n) is 11.0. The molecule has 5 heteroatoms. The minimum Gasteiger partial charge on any atom is -0.376 e. The molecule has 0 spiro atoms. The van der Waals surface area contributed by atoms with Crippen molar-refractivity contribution < 1.29 is 17.6 Å². The number of hydrogen-bond donors (Lipinski definition) is 1. The number of rotatable bonds is 3. The van der Waals surface area contributed by atoms with Crippen molar-refractivity contribution >= 4 is 5.69 Å². The van der Waals surface area contributed by atoms with E-state index in [1.165, 1.54) is 26.0 Å². The Morgan fingerprint density at radius 1 is 0.950 bits per heavy atom. The molecule has 0 radical (unpaired) electrons. The minimum absolute atomic E-state index is 0.0467. The molecule has 0 aromatic heterocycles. The molecule has 0 bridgehead atoms. The van der Waals surface area contributed by atoms with Crippen LogP contribution in [0.15, 0.2) is 30.3 Å². The van der Waals surface area contributed by atoms with Crippen molar-refractivity contribution in [2.75, 3.05) is 5.32 Å². The quantitative estimate of drug-likeness (QED) is 0.803. The van der Waals surface area contributed by atoms with Crippen LogP contribution in [-0.4, -0.2) is 0 Å². The van der Waals surface area contributed by atoms with Gasteiger partial charge in [-0.15, -0.1) is 0 Å². The first-order valence-electron chi connectivity index (χ1n) is 6.06. The molecule has 0 aliphatic heterocycles. The van der Waals surface area contributed by atoms with Crippen LogP contribution in [0.4, 0.5) is 23.2 Å². The Morgan fingerprint density at radius 2 is 1.65 bits per heavy atom. The summed E-state index contributed by atoms with van der Waals surface area (Å²) in [5, 5.41) is 2.64. The van der Waals surface area contributed by atoms with Gasteiger partial charge in [0.1, 0.15) is 11.6 Å². The number of hydrogen-bond acceptors (Lipinski definition) is 1. The van der Waals surface area contributed by atoms with Gasteiger partial charge in [-0.3, -0.25) is 0 Å². The molecule has 20 heavy (non-hydrogen) atoms. The Balaban J connectivity index is 2.30. The first kappa shape index (κ1) is 14.4. The van der Waals surface area contributed by atoms with Crippen LogP contribution in [0.5, 0.6) is 0 Å². The summed E-state index contributed by atoms with van der Waals surface area (Å²) in [5.74, 6) is -3.19. The highest BCUT2D eigenvalue weighted by atomic mass is 19.2. The van der Waals surface area contributed by atoms with Crippen molar-refractivity contribution in [2.45, 2.75) is 19.9 Å². The maximum atomic E-state index is 13.7. The minimum atomic E-state index is -1.000. The van der Waals surface area contributed by atoms with Crippen LogP contribution in [0.2, 0.25) is 0 Å². The Morgan fingerprint density at radius 3 is 2.35 bits per heavy atom. The van der Waals surface area contributed by atoms with E-state index in [2.05, 4.69) is 5.32 Å². The number of aryl methyl sites for hydroxylation is 1. The smallest absolute Gasteiger partial charge is 0.164 e. The van der Waals surface area contributed by atoms with Gasteiger partial charge in [-0.1, -0.05) is 12.1 Å². The van der Waals surface area contributed by atoms with E-state index in [0.717, 1.165) is 18.2 Å². The van der Waals surface area contributed by atoms with E-state index < -0.39 is 29.3 Å². The zero-order valence-corrected chi connectivity index (χ0v) is 11.0. The highest BCUT2D eigenvalue weighted by Crippen LogP contribution is 2.26. The Hall–Kier alpha value is -2.04. The van der Waals surface area contributed by atoms with Crippen LogP contribution in [-0.2, 0) is 0 Å². The van der Waals surface area contributed by atoms with Gasteiger partial charge in [0.05, 0.1) is 11.7 Å². The predicted molar refractivity (Wildman–Crippen MR) is 69.5 cm³/mol. The normalized spacial score (nSPS) is 12.3. The number of nitrogens with one attached hydrogen (secondary N) is 1. The molecule has 0 saturated heterocycles. The third kappa shape index (κ3) is 2.76. The summed E-state index contributed by atoms with van der Waals surface area (Å²) in [6.07, 6.45) is 0. The van der Waals surface area contributed by atoms with Crippen molar-refractivity contribution in [3.05, 3.63) is 64.7 Å². The molecule has 0 aliphatic rings. The molecule has 1 nitrogen and oxygen atoms in total. The molecule has 0 heterocycles. The van der Waals surface area contributed by atoms with E-state index in [9.17, 15) is 17.6 Å². The molecule has 1 N–H and O–H groups in total. The van der Waals surface area contributed by atoms with E-state index in [4.69, 9.17) is 0 Å². The second-order valence-corrected chi connectivity index (χ2v) is 4.59. The van der Waals surface area contributed by atoms with Crippen LogP contribution < -0.4 is 5.32 Å². The lowest BCUT2D eigenvalue weighted by Crippen LogP contribution is -2.11. The molecule has 0 fully saturated rings. The van der Waals surface area contributed by atoms with Gasteiger partial charge in [-0.25, -0.2) is 17.6 Å². The first-order valence-corrected chi connectivity index (χ1v) is 6.06. The average Bonchev–Trinajstić information content (AvgIpc) is 2.39. The summed E-state index contributed by atoms with van der Waals surface area (Å²) >= 11 is 0. The molecule has 106 valence electrons. The predicted octanol–water partition coefficient (Wildman–Crippen LogP) is 4.72. The summed E-state index contributed by atoms with van der Waals surface area (Å²) in [4.78, 5) is 0. The maximum absolute atomic E-state index is 13.7. The van der Waals surface area contributed by atoms with Gasteiger partial charge >= 0.3 is 0 Å². The van der Waals surface area contributed by atoms with E-state index in [-0.39, 0.29) is 16.8 Å². The summed E-state index contributed by atoms with van der Waals surface area (Å²) in [6.45, 7) is 2.98. The highest BCUT2D eigenvalue weighted by molar-refractivity contribution is 5.48. The van der Waals surface area contributed by atoms with Crippen LogP contribution >= 0.6 is 0 Å². The molecular weight excluding hydrogens is 270 g/mol. The Bertz CT molecular complexity index is 640. The lowest BCUT2D eigenvalue weighted by molar-refractivity contribution is 0.494. The fourth-order valence-corrected chi connectivity index (χ4v) is 1.92. The van der Waals surface area contributed by atoms with Gasteiger partial charge in [-0.05, 0) is 31.5 Å². The van der Waals surface area contributed by atoms with E-state index >= 15 is 0 Å². The second-order valence-electron chi connectivity index (χ2n) is 4.59. The standard InChI is InChI=1S/C15H13F4N/c1-8-6-13(18)14(7-12(8)17)20-9(2)10-4-3-5-11(16)15(10)19/h3-7,9,20H,1-2H3. The van der Waals surface area contributed by atoms with Crippen molar-refractivity contribution in [1.29, 1.82) is 0 Å². The molecule has 0 amide bonds. The topological polar surface area (TPSA) is 12.0 Å². The fourth-order valence-electron chi connectivity index (χ4n) is 1.92. The third-order valence-corrected chi connectivity index (χ3v) is 3.07. The van der Waals surface area contributed by atoms with Crippen molar-refractivity contribution in [3.63, 3.8) is 0 Å². The van der Waals surface area contributed by atoms with E-state index in [1.54, 1.807) is 0 Å². The van der Waals surface area contributed by atoms with Crippen LogP contribution in [0.25, 0.3) is 0 Å². The van der Waals surface area contributed by atoms with Crippen LogP contribution in [0.1, 0.15) is 24.1 Å². The van der Waals surface area contributed by atoms with Crippen LogP contribution in [0.3, 0.4) is 0 Å². The van der Waals surface area contributed by atoms with Crippen molar-refractivity contribution in [1.82, 2.24) is 0 Å². The molecule has 0 saturated carbocycles. The SMILES string of the molecule is Cc1cc(F)c(NC(C)c2cccc(F)c2F)cc1F. The van der Waals surface area contributed by atoms with Gasteiger partial charge in [-0.2, -0.15) is 0 Å². The monoisotopic (exact) mass is 283 g/mol. The van der Waals surface area contributed by atoms with Crippen molar-refractivity contribution in [2.24, 2.45) is 0 Å². The van der Waals surface area contributed by atoms with Gasteiger partial charge in [0, 0.05) is 11.6 Å². The second kappa shape index (κ2) is 5.53. The van der Waals surface area contributed by atoms with Crippen molar-refractivity contribution in [3.8, 4) is 0 Å². The van der Waals surface area contributed by atoms with E-state index in [1.807, 2.05) is 0 Å². The summed E-state index contributed by atoms with van der Waals surface area (Å²) in [5.41, 5.74) is 0.132. The number of anilines is 1. The van der Waals surface area contributed by atoms with Gasteiger partial charge in [0.2, 0.25) is 0 Å². The molecule has 2 rings (SSSR count).